The highest BCUT2D eigenvalue weighted by Crippen LogP contribution is 2.24. The fourth-order valence-corrected chi connectivity index (χ4v) is 2.72. The third kappa shape index (κ3) is 3.15. The molecule has 7 heteroatoms. The van der Waals surface area contributed by atoms with E-state index in [0.29, 0.717) is 6.54 Å². The number of thiophene rings is 1. The maximum Gasteiger partial charge on any atom is 0.270 e. The lowest BCUT2D eigenvalue weighted by Gasteiger charge is -2.16. The molecule has 0 aliphatic heterocycles. The van der Waals surface area contributed by atoms with E-state index in [9.17, 15) is 14.9 Å². The van der Waals surface area contributed by atoms with E-state index in [2.05, 4.69) is 0 Å². The fourth-order valence-electron chi connectivity index (χ4n) is 1.70. The van der Waals surface area contributed by atoms with E-state index < -0.39 is 4.92 Å². The molecule has 0 spiro atoms. The first-order valence-corrected chi connectivity index (χ1v) is 6.96. The fraction of sp³-hybridized carbons (Fsp3) is 0.154. The number of rotatable bonds is 4. The summed E-state index contributed by atoms with van der Waals surface area (Å²) in [7, 11) is 1.67. The van der Waals surface area contributed by atoms with Gasteiger partial charge in [0.1, 0.15) is 0 Å². The van der Waals surface area contributed by atoms with Gasteiger partial charge in [0.25, 0.3) is 11.6 Å². The van der Waals surface area contributed by atoms with Crippen molar-refractivity contribution >= 4 is 34.5 Å². The highest BCUT2D eigenvalue weighted by atomic mass is 35.5. The number of nitro benzene ring substituents is 1. The lowest BCUT2D eigenvalue weighted by Crippen LogP contribution is -2.26. The predicted molar refractivity (Wildman–Crippen MR) is 78.2 cm³/mol. The normalized spacial score (nSPS) is 10.3. The molecule has 0 aliphatic rings. The van der Waals surface area contributed by atoms with Gasteiger partial charge in [-0.1, -0.05) is 17.7 Å². The van der Waals surface area contributed by atoms with Crippen LogP contribution in [0.3, 0.4) is 0 Å². The molecule has 0 saturated carbocycles. The van der Waals surface area contributed by atoms with Crippen molar-refractivity contribution in [2.75, 3.05) is 7.05 Å². The standard InChI is InChI=1S/C13H11ClN2O3S/c1-15(8-10-3-2-6-20-10)13(17)11-5-4-9(16(18)19)7-12(11)14/h2-7H,8H2,1H3. The van der Waals surface area contributed by atoms with Gasteiger partial charge in [-0.3, -0.25) is 14.9 Å². The predicted octanol–water partition coefficient (Wildman–Crippen LogP) is 3.58. The lowest BCUT2D eigenvalue weighted by molar-refractivity contribution is -0.384. The van der Waals surface area contributed by atoms with Gasteiger partial charge in [-0.05, 0) is 17.5 Å². The Kier molecular flexibility index (Phi) is 4.36. The average Bonchev–Trinajstić information content (AvgIpc) is 2.90. The van der Waals surface area contributed by atoms with Crippen LogP contribution in [0.4, 0.5) is 5.69 Å². The molecule has 20 heavy (non-hydrogen) atoms. The Balaban J connectivity index is 2.18. The Hall–Kier alpha value is -1.92. The molecule has 2 rings (SSSR count). The number of nitrogens with zero attached hydrogens (tertiary/aromatic N) is 2. The quantitative estimate of drug-likeness (QED) is 0.640. The number of hydrogen-bond acceptors (Lipinski definition) is 4. The van der Waals surface area contributed by atoms with Crippen molar-refractivity contribution in [3.05, 3.63) is 61.3 Å². The number of benzene rings is 1. The first-order chi connectivity index (χ1) is 9.49. The monoisotopic (exact) mass is 310 g/mol. The van der Waals surface area contributed by atoms with Crippen molar-refractivity contribution in [1.29, 1.82) is 0 Å². The molecule has 0 atom stereocenters. The van der Waals surface area contributed by atoms with Crippen molar-refractivity contribution in [3.63, 3.8) is 0 Å². The molecule has 1 amide bonds. The van der Waals surface area contributed by atoms with E-state index in [0.717, 1.165) is 4.88 Å². The van der Waals surface area contributed by atoms with Crippen LogP contribution in [0, 0.1) is 10.1 Å². The van der Waals surface area contributed by atoms with Crippen LogP contribution in [-0.4, -0.2) is 22.8 Å². The zero-order chi connectivity index (χ0) is 14.7. The number of carbonyl (C=O) groups excluding carboxylic acids is 1. The maximum atomic E-state index is 12.2. The molecule has 0 unspecified atom stereocenters. The molecule has 104 valence electrons. The van der Waals surface area contributed by atoms with Gasteiger partial charge in [0, 0.05) is 24.1 Å². The largest absolute Gasteiger partial charge is 0.337 e. The van der Waals surface area contributed by atoms with E-state index in [-0.39, 0.29) is 22.2 Å². The molecular weight excluding hydrogens is 300 g/mol. The summed E-state index contributed by atoms with van der Waals surface area (Å²) in [5.41, 5.74) is 0.129. The number of non-ortho nitro benzene ring substituents is 1. The van der Waals surface area contributed by atoms with Crippen molar-refractivity contribution in [2.45, 2.75) is 6.54 Å². The minimum atomic E-state index is -0.546. The molecule has 1 aromatic carbocycles. The van der Waals surface area contributed by atoms with Gasteiger partial charge < -0.3 is 4.90 Å². The molecule has 0 saturated heterocycles. The second-order valence-corrected chi connectivity index (χ2v) is 5.60. The van der Waals surface area contributed by atoms with Crippen LogP contribution in [0.5, 0.6) is 0 Å². The smallest absolute Gasteiger partial charge is 0.270 e. The van der Waals surface area contributed by atoms with Crippen molar-refractivity contribution < 1.29 is 9.72 Å². The molecule has 5 nitrogen and oxygen atoms in total. The van der Waals surface area contributed by atoms with E-state index in [1.807, 2.05) is 17.5 Å². The van der Waals surface area contributed by atoms with Crippen LogP contribution in [0.15, 0.2) is 35.7 Å². The van der Waals surface area contributed by atoms with E-state index >= 15 is 0 Å². The van der Waals surface area contributed by atoms with Crippen LogP contribution < -0.4 is 0 Å². The topological polar surface area (TPSA) is 63.5 Å². The first kappa shape index (κ1) is 14.5. The van der Waals surface area contributed by atoms with Gasteiger partial charge in [-0.15, -0.1) is 11.3 Å². The number of nitro groups is 1. The summed E-state index contributed by atoms with van der Waals surface area (Å²) in [5.74, 6) is -0.265. The number of halogens is 1. The van der Waals surface area contributed by atoms with Crippen molar-refractivity contribution in [2.24, 2.45) is 0 Å². The molecule has 0 N–H and O–H groups in total. The molecular formula is C13H11ClN2O3S. The van der Waals surface area contributed by atoms with Crippen LogP contribution in [0.25, 0.3) is 0 Å². The summed E-state index contributed by atoms with van der Waals surface area (Å²) in [6.45, 7) is 0.476. The summed E-state index contributed by atoms with van der Waals surface area (Å²) in [6.07, 6.45) is 0. The summed E-state index contributed by atoms with van der Waals surface area (Å²) >= 11 is 7.50. The summed E-state index contributed by atoms with van der Waals surface area (Å²) in [6, 6.07) is 7.70. The Bertz CT molecular complexity index is 643. The Morgan fingerprint density at radius 2 is 2.20 bits per heavy atom. The molecule has 0 radical (unpaired) electrons. The maximum absolute atomic E-state index is 12.2. The highest BCUT2D eigenvalue weighted by Gasteiger charge is 2.18. The molecule has 1 aromatic heterocycles. The molecule has 0 fully saturated rings. The van der Waals surface area contributed by atoms with Crippen LogP contribution in [0.1, 0.15) is 15.2 Å². The Morgan fingerprint density at radius 3 is 2.75 bits per heavy atom. The second kappa shape index (κ2) is 6.02. The van der Waals surface area contributed by atoms with E-state index in [1.165, 1.54) is 23.1 Å². The first-order valence-electron chi connectivity index (χ1n) is 5.71. The van der Waals surface area contributed by atoms with Crippen molar-refractivity contribution in [1.82, 2.24) is 4.90 Å². The van der Waals surface area contributed by atoms with Crippen LogP contribution >= 0.6 is 22.9 Å². The van der Waals surface area contributed by atoms with E-state index in [1.54, 1.807) is 18.4 Å². The third-order valence-corrected chi connectivity index (χ3v) is 3.89. The average molecular weight is 311 g/mol. The van der Waals surface area contributed by atoms with Crippen LogP contribution in [0.2, 0.25) is 5.02 Å². The molecule has 2 aromatic rings. The second-order valence-electron chi connectivity index (χ2n) is 4.16. The van der Waals surface area contributed by atoms with Gasteiger partial charge >= 0.3 is 0 Å². The molecule has 0 bridgehead atoms. The van der Waals surface area contributed by atoms with Gasteiger partial charge in [-0.25, -0.2) is 0 Å². The third-order valence-electron chi connectivity index (χ3n) is 2.71. The molecule has 1 heterocycles. The minimum absolute atomic E-state index is 0.0854. The zero-order valence-electron chi connectivity index (χ0n) is 10.6. The Labute approximate surface area is 124 Å². The highest BCUT2D eigenvalue weighted by molar-refractivity contribution is 7.09. The summed E-state index contributed by atoms with van der Waals surface area (Å²) in [4.78, 5) is 24.9. The number of carbonyl (C=O) groups is 1. The number of amides is 1. The summed E-state index contributed by atoms with van der Waals surface area (Å²) < 4.78 is 0. The van der Waals surface area contributed by atoms with Gasteiger partial charge in [-0.2, -0.15) is 0 Å². The van der Waals surface area contributed by atoms with Crippen molar-refractivity contribution in [3.8, 4) is 0 Å². The van der Waals surface area contributed by atoms with Gasteiger partial charge in [0.05, 0.1) is 22.1 Å². The SMILES string of the molecule is CN(Cc1cccs1)C(=O)c1ccc([N+](=O)[O-])cc1Cl. The number of hydrogen-bond donors (Lipinski definition) is 0. The van der Waals surface area contributed by atoms with E-state index in [4.69, 9.17) is 11.6 Å². The molecule has 0 aliphatic carbocycles. The lowest BCUT2D eigenvalue weighted by atomic mass is 10.2. The Morgan fingerprint density at radius 1 is 1.45 bits per heavy atom. The summed E-state index contributed by atoms with van der Waals surface area (Å²) in [5, 5.41) is 12.7. The zero-order valence-corrected chi connectivity index (χ0v) is 12.1. The van der Waals surface area contributed by atoms with Crippen LogP contribution in [-0.2, 0) is 6.54 Å². The van der Waals surface area contributed by atoms with Gasteiger partial charge in [0.15, 0.2) is 0 Å². The minimum Gasteiger partial charge on any atom is -0.337 e. The van der Waals surface area contributed by atoms with Gasteiger partial charge in [0.2, 0.25) is 0 Å².